The fourth-order valence-electron chi connectivity index (χ4n) is 1.24. The highest BCUT2D eigenvalue weighted by Gasteiger charge is 2.06. The molecule has 0 aliphatic heterocycles. The molecule has 3 N–H and O–H groups in total. The lowest BCUT2D eigenvalue weighted by molar-refractivity contribution is -0.137. The largest absolute Gasteiger partial charge is 0.481 e. The highest BCUT2D eigenvalue weighted by Crippen LogP contribution is 2.08. The Morgan fingerprint density at radius 3 is 2.50 bits per heavy atom. The zero-order chi connectivity index (χ0) is 9.56. The van der Waals surface area contributed by atoms with Crippen molar-refractivity contribution < 1.29 is 9.90 Å². The molecule has 3 nitrogen and oxygen atoms in total. The minimum absolute atomic E-state index is 0.171. The van der Waals surface area contributed by atoms with Crippen molar-refractivity contribution in [2.24, 2.45) is 11.7 Å². The van der Waals surface area contributed by atoms with E-state index in [1.807, 2.05) is 0 Å². The average Bonchev–Trinajstić information content (AvgIpc) is 1.84. The summed E-state index contributed by atoms with van der Waals surface area (Å²) in [5.74, 6) is -0.128. The van der Waals surface area contributed by atoms with E-state index in [1.54, 1.807) is 0 Å². The molecule has 0 bridgehead atoms. The smallest absolute Gasteiger partial charge is 0.303 e. The molecule has 0 aliphatic rings. The first-order valence-corrected chi connectivity index (χ1v) is 4.49. The second-order valence-electron chi connectivity index (χ2n) is 3.68. The maximum Gasteiger partial charge on any atom is 0.303 e. The first-order valence-electron chi connectivity index (χ1n) is 4.49. The second kappa shape index (κ2) is 6.00. The van der Waals surface area contributed by atoms with Crippen molar-refractivity contribution in [3.63, 3.8) is 0 Å². The Labute approximate surface area is 74.0 Å². The number of carbonyl (C=O) groups is 1. The van der Waals surface area contributed by atoms with Crippen LogP contribution in [0.5, 0.6) is 0 Å². The monoisotopic (exact) mass is 173 g/mol. The number of carboxylic acids is 1. The Hall–Kier alpha value is -0.570. The molecule has 0 amide bonds. The molecule has 3 heteroatoms. The molecule has 1 atom stereocenters. The van der Waals surface area contributed by atoms with E-state index in [0.717, 1.165) is 12.8 Å². The van der Waals surface area contributed by atoms with Crippen LogP contribution in [0.3, 0.4) is 0 Å². The molecule has 0 fully saturated rings. The summed E-state index contributed by atoms with van der Waals surface area (Å²) in [5.41, 5.74) is 5.77. The Morgan fingerprint density at radius 1 is 1.50 bits per heavy atom. The van der Waals surface area contributed by atoms with Crippen LogP contribution >= 0.6 is 0 Å². The molecule has 0 radical (unpaired) electrons. The Bertz CT molecular complexity index is 134. The number of carboxylic acid groups (broad SMARTS) is 1. The van der Waals surface area contributed by atoms with Crippen molar-refractivity contribution in [1.29, 1.82) is 0 Å². The van der Waals surface area contributed by atoms with Crippen molar-refractivity contribution in [2.75, 3.05) is 0 Å². The highest BCUT2D eigenvalue weighted by atomic mass is 16.4. The minimum atomic E-state index is -0.730. The van der Waals surface area contributed by atoms with Crippen LogP contribution in [-0.4, -0.2) is 17.1 Å². The number of nitrogens with two attached hydrogens (primary N) is 1. The van der Waals surface area contributed by atoms with Gasteiger partial charge in [0.05, 0.1) is 0 Å². The number of hydrogen-bond acceptors (Lipinski definition) is 2. The fourth-order valence-corrected chi connectivity index (χ4v) is 1.24. The van der Waals surface area contributed by atoms with Gasteiger partial charge in [-0.1, -0.05) is 13.8 Å². The molecule has 0 heterocycles. The molecular formula is C9H19NO2. The topological polar surface area (TPSA) is 63.3 Å². The summed E-state index contributed by atoms with van der Waals surface area (Å²) in [6.45, 7) is 4.24. The number of rotatable bonds is 6. The van der Waals surface area contributed by atoms with Crippen molar-refractivity contribution in [3.8, 4) is 0 Å². The maximum absolute atomic E-state index is 10.2. The quantitative estimate of drug-likeness (QED) is 0.641. The van der Waals surface area contributed by atoms with E-state index in [1.165, 1.54) is 0 Å². The van der Waals surface area contributed by atoms with E-state index < -0.39 is 5.97 Å². The van der Waals surface area contributed by atoms with Crippen LogP contribution < -0.4 is 5.73 Å². The van der Waals surface area contributed by atoms with Gasteiger partial charge in [-0.3, -0.25) is 4.79 Å². The summed E-state index contributed by atoms with van der Waals surface area (Å²) in [7, 11) is 0. The third-order valence-electron chi connectivity index (χ3n) is 1.74. The van der Waals surface area contributed by atoms with E-state index in [-0.39, 0.29) is 12.5 Å². The van der Waals surface area contributed by atoms with E-state index in [2.05, 4.69) is 13.8 Å². The summed E-state index contributed by atoms with van der Waals surface area (Å²) < 4.78 is 0. The van der Waals surface area contributed by atoms with Crippen molar-refractivity contribution in [1.82, 2.24) is 0 Å². The molecule has 0 unspecified atom stereocenters. The third-order valence-corrected chi connectivity index (χ3v) is 1.74. The van der Waals surface area contributed by atoms with Crippen molar-refractivity contribution in [3.05, 3.63) is 0 Å². The van der Waals surface area contributed by atoms with Crippen molar-refractivity contribution >= 4 is 5.97 Å². The molecule has 0 saturated heterocycles. The van der Waals surface area contributed by atoms with Gasteiger partial charge in [0.15, 0.2) is 0 Å². The van der Waals surface area contributed by atoms with Crippen LogP contribution in [0.2, 0.25) is 0 Å². The predicted octanol–water partition coefficient (Wildman–Crippen LogP) is 1.61. The summed E-state index contributed by atoms with van der Waals surface area (Å²) in [5, 5.41) is 8.37. The van der Waals surface area contributed by atoms with Crippen molar-refractivity contribution in [2.45, 2.75) is 45.6 Å². The third kappa shape index (κ3) is 7.54. The minimum Gasteiger partial charge on any atom is -0.481 e. The lowest BCUT2D eigenvalue weighted by Crippen LogP contribution is -2.22. The molecule has 0 saturated carbocycles. The van der Waals surface area contributed by atoms with Gasteiger partial charge in [-0.25, -0.2) is 0 Å². The predicted molar refractivity (Wildman–Crippen MR) is 48.9 cm³/mol. The number of aliphatic carboxylic acids is 1. The van der Waals surface area contributed by atoms with Gasteiger partial charge in [0, 0.05) is 12.5 Å². The van der Waals surface area contributed by atoms with E-state index in [0.29, 0.717) is 12.3 Å². The first-order chi connectivity index (χ1) is 5.52. The molecular weight excluding hydrogens is 154 g/mol. The standard InChI is InChI=1S/C9H19NO2/c1-7(2)6-8(10)4-3-5-9(11)12/h7-8H,3-6,10H2,1-2H3,(H,11,12)/t8-/m0/s1. The van der Waals surface area contributed by atoms with Crippen LogP contribution in [-0.2, 0) is 4.79 Å². The van der Waals surface area contributed by atoms with Crippen LogP contribution in [0.1, 0.15) is 39.5 Å². The van der Waals surface area contributed by atoms with Gasteiger partial charge < -0.3 is 10.8 Å². The van der Waals surface area contributed by atoms with Gasteiger partial charge in [0.25, 0.3) is 0 Å². The summed E-state index contributed by atoms with van der Waals surface area (Å²) in [6, 6.07) is 0.171. The maximum atomic E-state index is 10.2. The SMILES string of the molecule is CC(C)C[C@@H](N)CCCC(=O)O. The summed E-state index contributed by atoms with van der Waals surface area (Å²) in [4.78, 5) is 10.2. The van der Waals surface area contributed by atoms with Gasteiger partial charge in [0.2, 0.25) is 0 Å². The zero-order valence-corrected chi connectivity index (χ0v) is 7.92. The second-order valence-corrected chi connectivity index (χ2v) is 3.68. The van der Waals surface area contributed by atoms with Crippen LogP contribution in [0.15, 0.2) is 0 Å². The van der Waals surface area contributed by atoms with Gasteiger partial charge in [-0.05, 0) is 25.2 Å². The van der Waals surface area contributed by atoms with Gasteiger partial charge in [0.1, 0.15) is 0 Å². The normalized spacial score (nSPS) is 13.3. The average molecular weight is 173 g/mol. The molecule has 0 aliphatic carbocycles. The lowest BCUT2D eigenvalue weighted by atomic mass is 10.00. The number of hydrogen-bond donors (Lipinski definition) is 2. The van der Waals surface area contributed by atoms with Crippen LogP contribution in [0, 0.1) is 5.92 Å². The Kier molecular flexibility index (Phi) is 5.72. The van der Waals surface area contributed by atoms with E-state index in [9.17, 15) is 4.79 Å². The van der Waals surface area contributed by atoms with Gasteiger partial charge >= 0.3 is 5.97 Å². The van der Waals surface area contributed by atoms with E-state index in [4.69, 9.17) is 10.8 Å². The zero-order valence-electron chi connectivity index (χ0n) is 7.92. The molecule has 0 aromatic rings. The molecule has 72 valence electrons. The molecule has 0 aromatic heterocycles. The Balaban J connectivity index is 3.31. The summed E-state index contributed by atoms with van der Waals surface area (Å²) in [6.07, 6.45) is 2.75. The molecule has 0 spiro atoms. The summed E-state index contributed by atoms with van der Waals surface area (Å²) >= 11 is 0. The van der Waals surface area contributed by atoms with Crippen LogP contribution in [0.4, 0.5) is 0 Å². The molecule has 0 aromatic carbocycles. The Morgan fingerprint density at radius 2 is 2.08 bits per heavy atom. The lowest BCUT2D eigenvalue weighted by Gasteiger charge is -2.12. The first kappa shape index (κ1) is 11.4. The molecule has 12 heavy (non-hydrogen) atoms. The fraction of sp³-hybridized carbons (Fsp3) is 0.889. The van der Waals surface area contributed by atoms with E-state index >= 15 is 0 Å². The molecule has 0 rings (SSSR count). The van der Waals surface area contributed by atoms with Gasteiger partial charge in [-0.2, -0.15) is 0 Å². The van der Waals surface area contributed by atoms with Gasteiger partial charge in [-0.15, -0.1) is 0 Å². The van der Waals surface area contributed by atoms with Crippen LogP contribution in [0.25, 0.3) is 0 Å². The highest BCUT2D eigenvalue weighted by molar-refractivity contribution is 5.66.